The number of benzene rings is 1. The number of aryl methyl sites for hydroxylation is 1. The average molecular weight is 448 g/mol. The smallest absolute Gasteiger partial charge is 0.263 e. The van der Waals surface area contributed by atoms with Gasteiger partial charge in [0.2, 0.25) is 16.0 Å². The van der Waals surface area contributed by atoms with Crippen LogP contribution in [0, 0.1) is 6.92 Å². The van der Waals surface area contributed by atoms with Gasteiger partial charge in [-0.3, -0.25) is 14.7 Å². The highest BCUT2D eigenvalue weighted by atomic mass is 32.2. The summed E-state index contributed by atoms with van der Waals surface area (Å²) in [7, 11) is -3.82. The molecule has 158 valence electrons. The summed E-state index contributed by atoms with van der Waals surface area (Å²) in [5, 5.41) is 0.681. The van der Waals surface area contributed by atoms with Crippen LogP contribution in [0.3, 0.4) is 0 Å². The van der Waals surface area contributed by atoms with Crippen LogP contribution in [0.5, 0.6) is 0 Å². The molecule has 3 heterocycles. The van der Waals surface area contributed by atoms with Crippen LogP contribution in [0.2, 0.25) is 0 Å². The highest BCUT2D eigenvalue weighted by molar-refractivity contribution is 7.89. The molecule has 5 rings (SSSR count). The first-order chi connectivity index (χ1) is 14.9. The maximum absolute atomic E-state index is 13.6. The van der Waals surface area contributed by atoms with E-state index < -0.39 is 28.0 Å². The Morgan fingerprint density at radius 2 is 2.17 bits per heavy atom. The van der Waals surface area contributed by atoms with Crippen LogP contribution in [0.4, 0.5) is 5.69 Å². The van der Waals surface area contributed by atoms with Crippen molar-refractivity contribution in [2.45, 2.75) is 56.6 Å². The maximum atomic E-state index is 13.6. The third kappa shape index (κ3) is 3.23. The van der Waals surface area contributed by atoms with Crippen molar-refractivity contribution in [3.63, 3.8) is 0 Å². The summed E-state index contributed by atoms with van der Waals surface area (Å²) in [6, 6.07) is 4.33. The van der Waals surface area contributed by atoms with Gasteiger partial charge in [0.1, 0.15) is 0 Å². The molecule has 1 aliphatic carbocycles. The largest absolute Gasteiger partial charge is 0.307 e. The highest BCUT2D eigenvalue weighted by Crippen LogP contribution is 2.38. The van der Waals surface area contributed by atoms with Gasteiger partial charge in [-0.25, -0.2) is 18.1 Å². The number of aliphatic imine (C=N–C) groups is 1. The molecule has 0 saturated heterocycles. The summed E-state index contributed by atoms with van der Waals surface area (Å²) < 4.78 is 46.1. The molecule has 2 aromatic rings. The Balaban J connectivity index is 1.62. The zero-order valence-corrected chi connectivity index (χ0v) is 18.5. The minimum absolute atomic E-state index is 0.0147. The summed E-state index contributed by atoms with van der Waals surface area (Å²) in [4.78, 5) is 25.3. The lowest BCUT2D eigenvalue weighted by Gasteiger charge is -2.37. The number of hydrogen-bond acceptors (Lipinski definition) is 7. The van der Waals surface area contributed by atoms with Gasteiger partial charge in [-0.1, -0.05) is 0 Å². The summed E-state index contributed by atoms with van der Waals surface area (Å²) in [5.74, 6) is -0.403. The van der Waals surface area contributed by atoms with Gasteiger partial charge in [-0.2, -0.15) is 0 Å². The predicted molar refractivity (Wildman–Crippen MR) is 115 cm³/mol. The molecule has 30 heavy (non-hydrogen) atoms. The van der Waals surface area contributed by atoms with Crippen LogP contribution in [0.15, 0.2) is 34.3 Å². The Morgan fingerprint density at radius 3 is 2.83 bits per heavy atom. The monoisotopic (exact) mass is 447 g/mol. The van der Waals surface area contributed by atoms with Gasteiger partial charge in [0.05, 0.1) is 43.0 Å². The summed E-state index contributed by atoms with van der Waals surface area (Å²) >= 11 is 1.17. The van der Waals surface area contributed by atoms with Crippen molar-refractivity contribution in [2.75, 3.05) is 11.4 Å². The minimum Gasteiger partial charge on any atom is -0.307 e. The predicted octanol–water partition coefficient (Wildman–Crippen LogP) is 2.50. The van der Waals surface area contributed by atoms with Crippen molar-refractivity contribution >= 4 is 38.9 Å². The first-order valence-electron chi connectivity index (χ1n) is 10.7. The quantitative estimate of drug-likeness (QED) is 0.760. The van der Waals surface area contributed by atoms with Crippen molar-refractivity contribution in [1.29, 1.82) is 0 Å². The summed E-state index contributed by atoms with van der Waals surface area (Å²) in [5.41, 5.74) is 0.213. The number of nitrogens with zero attached hydrogens (tertiary/aromatic N) is 4. The molecule has 1 amide bonds. The summed E-state index contributed by atoms with van der Waals surface area (Å²) in [6.45, 7) is 3.74. The zero-order valence-electron chi connectivity index (χ0n) is 18.8. The van der Waals surface area contributed by atoms with E-state index in [2.05, 4.69) is 14.7 Å². The van der Waals surface area contributed by atoms with E-state index in [1.807, 2.05) is 13.8 Å². The Kier molecular flexibility index (Phi) is 3.82. The molecule has 8 nitrogen and oxygen atoms in total. The molecule has 1 saturated carbocycles. The number of guanidine groups is 1. The van der Waals surface area contributed by atoms with E-state index in [-0.39, 0.29) is 27.3 Å². The first-order valence-corrected chi connectivity index (χ1v) is 12.0. The van der Waals surface area contributed by atoms with Crippen LogP contribution in [-0.2, 0) is 16.5 Å². The van der Waals surface area contributed by atoms with E-state index in [0.29, 0.717) is 17.2 Å². The van der Waals surface area contributed by atoms with Crippen LogP contribution < -0.4 is 9.62 Å². The van der Waals surface area contributed by atoms with Crippen molar-refractivity contribution in [3.05, 3.63) is 39.8 Å². The van der Waals surface area contributed by atoms with Crippen molar-refractivity contribution in [1.82, 2.24) is 14.6 Å². The molecule has 2 aliphatic heterocycles. The average Bonchev–Trinajstić information content (AvgIpc) is 3.09. The number of fused-ring (bicyclic) bond motifs is 3. The molecule has 3 aliphatic rings. The molecule has 0 unspecified atom stereocenters. The Morgan fingerprint density at radius 1 is 1.40 bits per heavy atom. The lowest BCUT2D eigenvalue weighted by molar-refractivity contribution is 0.0834. The highest BCUT2D eigenvalue weighted by Gasteiger charge is 2.43. The standard InChI is InChI=1S/C20H23N5O3S2/c1-12-9-22-19-24(11-14-10-21-13(2)29-14)18(26)16-8-15(4-5-17(16)25(12)19)30(27,28)23-20(3)6-7-20/h4-5,8,10,12,23H,6-7,9,11H2,1-3H3/t12-/m1/s1/i11D2. The van der Waals surface area contributed by atoms with E-state index in [1.54, 1.807) is 17.9 Å². The number of sulfonamides is 1. The van der Waals surface area contributed by atoms with Crippen molar-refractivity contribution < 1.29 is 16.0 Å². The van der Waals surface area contributed by atoms with Crippen LogP contribution in [0.25, 0.3) is 0 Å². The molecule has 10 heteroatoms. The molecule has 0 spiro atoms. The van der Waals surface area contributed by atoms with Gasteiger partial charge in [0.15, 0.2) is 0 Å². The van der Waals surface area contributed by atoms with E-state index in [1.165, 1.54) is 29.7 Å². The molecular weight excluding hydrogens is 422 g/mol. The van der Waals surface area contributed by atoms with Gasteiger partial charge < -0.3 is 4.90 Å². The zero-order chi connectivity index (χ0) is 23.1. The number of hydrogen-bond donors (Lipinski definition) is 1. The van der Waals surface area contributed by atoms with Gasteiger partial charge in [-0.15, -0.1) is 11.3 Å². The van der Waals surface area contributed by atoms with Crippen LogP contribution >= 0.6 is 11.3 Å². The van der Waals surface area contributed by atoms with E-state index in [4.69, 9.17) is 2.74 Å². The second-order valence-corrected chi connectivity index (χ2v) is 11.1. The maximum Gasteiger partial charge on any atom is 0.263 e. The topological polar surface area (TPSA) is 95.0 Å². The van der Waals surface area contributed by atoms with Gasteiger partial charge in [0, 0.05) is 16.6 Å². The molecule has 1 aromatic carbocycles. The third-order valence-electron chi connectivity index (χ3n) is 5.55. The van der Waals surface area contributed by atoms with Crippen molar-refractivity contribution in [3.8, 4) is 0 Å². The lowest BCUT2D eigenvalue weighted by atomic mass is 10.1. The fourth-order valence-corrected chi connectivity index (χ4v) is 5.82. The SMILES string of the molecule is [2H]C([2H])(c1cnc(C)s1)N1C(=O)c2cc(S(=O)(=O)NC3(C)CC3)ccc2N2C1=NC[C@H]2C. The molecular formula is C20H23N5O3S2. The van der Waals surface area contributed by atoms with Gasteiger partial charge in [-0.05, 0) is 51.8 Å². The molecule has 1 fully saturated rings. The number of rotatable bonds is 5. The Bertz CT molecular complexity index is 1270. The van der Waals surface area contributed by atoms with Crippen LogP contribution in [-0.4, -0.2) is 48.3 Å². The second-order valence-electron chi connectivity index (χ2n) is 8.20. The lowest BCUT2D eigenvalue weighted by Crippen LogP contribution is -2.51. The second kappa shape index (κ2) is 6.60. The number of thiazole rings is 1. The Labute approximate surface area is 182 Å². The number of nitrogens with one attached hydrogen (secondary N) is 1. The number of anilines is 1. The number of aromatic nitrogens is 1. The summed E-state index contributed by atoms with van der Waals surface area (Å²) in [6.07, 6.45) is 2.96. The number of amides is 1. The van der Waals surface area contributed by atoms with E-state index in [9.17, 15) is 13.2 Å². The molecule has 1 aromatic heterocycles. The fourth-order valence-electron chi connectivity index (χ4n) is 3.66. The van der Waals surface area contributed by atoms with Crippen molar-refractivity contribution in [2.24, 2.45) is 4.99 Å². The van der Waals surface area contributed by atoms with E-state index >= 15 is 0 Å². The third-order valence-corrected chi connectivity index (χ3v) is 8.00. The van der Waals surface area contributed by atoms with Gasteiger partial charge in [0.25, 0.3) is 5.91 Å². The molecule has 0 bridgehead atoms. The minimum atomic E-state index is -3.82. The van der Waals surface area contributed by atoms with E-state index in [0.717, 1.165) is 17.7 Å². The number of carbonyl (C=O) groups is 1. The fraction of sp³-hybridized carbons (Fsp3) is 0.450. The normalized spacial score (nSPS) is 23.5. The Hall–Kier alpha value is -2.30. The molecule has 1 atom stereocenters. The van der Waals surface area contributed by atoms with Crippen LogP contribution in [0.1, 0.15) is 49.7 Å². The number of carbonyl (C=O) groups excluding carboxylic acids is 1. The van der Waals surface area contributed by atoms with Gasteiger partial charge >= 0.3 is 0 Å². The molecule has 1 N–H and O–H groups in total. The first kappa shape index (κ1) is 17.4. The molecule has 0 radical (unpaired) electrons.